The third kappa shape index (κ3) is 3.32. The van der Waals surface area contributed by atoms with Crippen molar-refractivity contribution in [3.8, 4) is 5.75 Å². The lowest BCUT2D eigenvalue weighted by Crippen LogP contribution is -2.43. The average molecular weight is 362 g/mol. The van der Waals surface area contributed by atoms with E-state index in [0.717, 1.165) is 0 Å². The van der Waals surface area contributed by atoms with E-state index in [9.17, 15) is 25.2 Å². The van der Waals surface area contributed by atoms with Crippen LogP contribution in [0.3, 0.4) is 0 Å². The van der Waals surface area contributed by atoms with Gasteiger partial charge in [-0.25, -0.2) is 0 Å². The van der Waals surface area contributed by atoms with E-state index in [2.05, 4.69) is 0 Å². The van der Waals surface area contributed by atoms with Crippen LogP contribution in [0, 0.1) is 0 Å². The van der Waals surface area contributed by atoms with Gasteiger partial charge in [0.1, 0.15) is 24.1 Å². The monoisotopic (exact) mass is 362 g/mol. The summed E-state index contributed by atoms with van der Waals surface area (Å²) in [5, 5.41) is 49.9. The number of phenols is 1. The first-order valence-corrected chi connectivity index (χ1v) is 8.46. The molecule has 1 aliphatic carbocycles. The van der Waals surface area contributed by atoms with Crippen LogP contribution in [0.15, 0.2) is 36.4 Å². The number of hydrogen-bond acceptors (Lipinski definition) is 7. The van der Waals surface area contributed by atoms with Crippen LogP contribution >= 0.6 is 0 Å². The Morgan fingerprint density at radius 2 is 2.04 bits per heavy atom. The minimum Gasteiger partial charge on any atom is -0.507 e. The second-order valence-corrected chi connectivity index (χ2v) is 6.57. The molecular weight excluding hydrogens is 340 g/mol. The lowest BCUT2D eigenvalue weighted by atomic mass is 9.91. The molecule has 2 aliphatic rings. The summed E-state index contributed by atoms with van der Waals surface area (Å²) < 4.78 is 5.20. The van der Waals surface area contributed by atoms with Crippen molar-refractivity contribution in [1.29, 1.82) is 0 Å². The van der Waals surface area contributed by atoms with E-state index in [4.69, 9.17) is 9.84 Å². The summed E-state index contributed by atoms with van der Waals surface area (Å²) in [5.74, 6) is -2.20. The van der Waals surface area contributed by atoms with E-state index < -0.39 is 30.7 Å². The van der Waals surface area contributed by atoms with Gasteiger partial charge in [-0.15, -0.1) is 0 Å². The molecule has 7 nitrogen and oxygen atoms in total. The lowest BCUT2D eigenvalue weighted by Gasteiger charge is -2.26. The third-order valence-corrected chi connectivity index (χ3v) is 4.87. The Morgan fingerprint density at radius 3 is 2.69 bits per heavy atom. The molecule has 1 aromatic rings. The number of carbonyl (C=O) groups is 1. The van der Waals surface area contributed by atoms with Crippen LogP contribution in [0.2, 0.25) is 0 Å². The molecular formula is C19H22O7. The number of aryl methyl sites for hydroxylation is 1. The Morgan fingerprint density at radius 1 is 1.27 bits per heavy atom. The van der Waals surface area contributed by atoms with Gasteiger partial charge in [-0.05, 0) is 12.0 Å². The molecule has 3 rings (SSSR count). The van der Waals surface area contributed by atoms with Crippen LogP contribution in [0.5, 0.6) is 5.75 Å². The van der Waals surface area contributed by atoms with Crippen LogP contribution in [0.4, 0.5) is 0 Å². The van der Waals surface area contributed by atoms with Crippen molar-refractivity contribution in [2.75, 3.05) is 6.61 Å². The molecule has 0 unspecified atom stereocenters. The maximum atomic E-state index is 12.0. The van der Waals surface area contributed by atoms with Gasteiger partial charge in [0.15, 0.2) is 11.6 Å². The number of para-hydroxylation sites is 1. The molecule has 26 heavy (non-hydrogen) atoms. The normalized spacial score (nSPS) is 31.3. The predicted molar refractivity (Wildman–Crippen MR) is 92.1 cm³/mol. The summed E-state index contributed by atoms with van der Waals surface area (Å²) >= 11 is 0. The molecule has 140 valence electrons. The molecule has 0 amide bonds. The average Bonchev–Trinajstić information content (AvgIpc) is 2.86. The zero-order valence-corrected chi connectivity index (χ0v) is 14.1. The smallest absolute Gasteiger partial charge is 0.195 e. The number of ether oxygens (including phenoxy) is 1. The van der Waals surface area contributed by atoms with Gasteiger partial charge in [0, 0.05) is 24.0 Å². The molecule has 1 saturated heterocycles. The number of aliphatic hydroxyl groups is 4. The number of benzene rings is 1. The first-order chi connectivity index (χ1) is 12.4. The predicted octanol–water partition coefficient (Wildman–Crippen LogP) is 0.0387. The molecule has 0 aromatic heterocycles. The summed E-state index contributed by atoms with van der Waals surface area (Å²) in [5.41, 5.74) is 1.29. The van der Waals surface area contributed by atoms with E-state index in [0.29, 0.717) is 16.7 Å². The number of allylic oxidation sites excluding steroid dienone is 4. The van der Waals surface area contributed by atoms with Crippen molar-refractivity contribution in [3.05, 3.63) is 47.6 Å². The maximum absolute atomic E-state index is 12.0. The van der Waals surface area contributed by atoms with E-state index in [1.807, 2.05) is 0 Å². The minimum absolute atomic E-state index is 0.0715. The number of Topliss-reactive ketones (excluding diaryl/α,β-unsaturated/α-hetero) is 1. The second kappa shape index (κ2) is 7.30. The van der Waals surface area contributed by atoms with E-state index in [1.165, 1.54) is 0 Å². The van der Waals surface area contributed by atoms with Gasteiger partial charge < -0.3 is 30.3 Å². The highest BCUT2D eigenvalue weighted by Gasteiger charge is 2.52. The molecule has 4 atom stereocenters. The third-order valence-electron chi connectivity index (χ3n) is 4.87. The highest BCUT2D eigenvalue weighted by atomic mass is 16.7. The van der Waals surface area contributed by atoms with Gasteiger partial charge in [0.25, 0.3) is 0 Å². The fourth-order valence-electron chi connectivity index (χ4n) is 3.33. The molecule has 0 saturated carbocycles. The number of hydrogen-bond donors (Lipinski definition) is 5. The van der Waals surface area contributed by atoms with Crippen LogP contribution in [0.1, 0.15) is 24.0 Å². The van der Waals surface area contributed by atoms with Crippen molar-refractivity contribution in [2.24, 2.45) is 0 Å². The second-order valence-electron chi connectivity index (χ2n) is 6.57. The zero-order valence-electron chi connectivity index (χ0n) is 14.1. The first kappa shape index (κ1) is 18.8. The van der Waals surface area contributed by atoms with E-state index >= 15 is 0 Å². The lowest BCUT2D eigenvalue weighted by molar-refractivity contribution is -0.233. The zero-order chi connectivity index (χ0) is 18.9. The minimum atomic E-state index is -2.03. The highest BCUT2D eigenvalue weighted by Crippen LogP contribution is 2.36. The van der Waals surface area contributed by atoms with Gasteiger partial charge >= 0.3 is 0 Å². The summed E-state index contributed by atoms with van der Waals surface area (Å²) in [6, 6.07) is 4.98. The van der Waals surface area contributed by atoms with Crippen LogP contribution < -0.4 is 0 Å². The molecule has 0 spiro atoms. The standard InChI is InChI=1S/C19H22O7/c20-10-15-17(23)18(24)19(25,26-15)9-8-11-4-3-6-13(16(11)22)12-5-1-2-7-14(12)21/h1-6,15,17-18,20,22-25H,7-10H2/t15-,17+,18-,19+/m1/s1. The number of phenolic OH excluding ortho intramolecular Hbond substituents is 1. The van der Waals surface area contributed by atoms with Gasteiger partial charge in [-0.1, -0.05) is 36.4 Å². The SMILES string of the molecule is O=C1CC=CC=C1c1cccc(CC[C@]2(O)O[C@H](CO)[C@H](O)[C@H]2O)c1O. The Hall–Kier alpha value is -2.03. The summed E-state index contributed by atoms with van der Waals surface area (Å²) in [4.78, 5) is 12.0. The van der Waals surface area contributed by atoms with Gasteiger partial charge in [0.05, 0.1) is 6.61 Å². The number of rotatable bonds is 5. The van der Waals surface area contributed by atoms with Crippen molar-refractivity contribution in [1.82, 2.24) is 0 Å². The molecule has 7 heteroatoms. The summed E-state index contributed by atoms with van der Waals surface area (Å²) in [6.07, 6.45) is 1.39. The molecule has 1 fully saturated rings. The number of aromatic hydroxyl groups is 1. The van der Waals surface area contributed by atoms with Gasteiger partial charge in [0.2, 0.25) is 0 Å². The Kier molecular flexibility index (Phi) is 5.27. The summed E-state index contributed by atoms with van der Waals surface area (Å²) in [6.45, 7) is -0.537. The molecule has 1 aromatic carbocycles. The van der Waals surface area contributed by atoms with Gasteiger partial charge in [-0.3, -0.25) is 4.79 Å². The molecule has 1 heterocycles. The van der Waals surface area contributed by atoms with E-state index in [1.54, 1.807) is 36.4 Å². The molecule has 5 N–H and O–H groups in total. The summed E-state index contributed by atoms with van der Waals surface area (Å²) in [7, 11) is 0. The highest BCUT2D eigenvalue weighted by molar-refractivity contribution is 6.23. The number of carbonyl (C=O) groups excluding carboxylic acids is 1. The topological polar surface area (TPSA) is 127 Å². The maximum Gasteiger partial charge on any atom is 0.195 e. The van der Waals surface area contributed by atoms with Crippen molar-refractivity contribution < 1.29 is 35.1 Å². The molecule has 0 radical (unpaired) electrons. The quantitative estimate of drug-likeness (QED) is 0.500. The Labute approximate surface area is 150 Å². The van der Waals surface area contributed by atoms with Crippen molar-refractivity contribution in [2.45, 2.75) is 43.4 Å². The Bertz CT molecular complexity index is 754. The van der Waals surface area contributed by atoms with E-state index in [-0.39, 0.29) is 30.8 Å². The molecule has 1 aliphatic heterocycles. The fourth-order valence-corrected chi connectivity index (χ4v) is 3.33. The van der Waals surface area contributed by atoms with Crippen LogP contribution in [0.25, 0.3) is 5.57 Å². The Balaban J connectivity index is 1.79. The van der Waals surface area contributed by atoms with Crippen LogP contribution in [-0.4, -0.2) is 62.0 Å². The van der Waals surface area contributed by atoms with Crippen LogP contribution in [-0.2, 0) is 16.0 Å². The van der Waals surface area contributed by atoms with Crippen molar-refractivity contribution >= 4 is 11.4 Å². The van der Waals surface area contributed by atoms with Crippen molar-refractivity contribution in [3.63, 3.8) is 0 Å². The first-order valence-electron chi connectivity index (χ1n) is 8.46. The van der Waals surface area contributed by atoms with Gasteiger partial charge in [-0.2, -0.15) is 0 Å². The largest absolute Gasteiger partial charge is 0.507 e. The fraction of sp³-hybridized carbons (Fsp3) is 0.421. The molecule has 0 bridgehead atoms. The number of ketones is 1. The number of aliphatic hydroxyl groups excluding tert-OH is 3.